The molecule has 0 aromatic heterocycles. The fourth-order valence-electron chi connectivity index (χ4n) is 2.47. The van der Waals surface area contributed by atoms with Crippen LogP contribution in [0.2, 0.25) is 0 Å². The van der Waals surface area contributed by atoms with E-state index >= 15 is 0 Å². The summed E-state index contributed by atoms with van der Waals surface area (Å²) in [5.41, 5.74) is 0.373. The molecule has 1 aliphatic rings. The van der Waals surface area contributed by atoms with E-state index in [-0.39, 0.29) is 5.91 Å². The van der Waals surface area contributed by atoms with Gasteiger partial charge in [-0.2, -0.15) is 0 Å². The van der Waals surface area contributed by atoms with E-state index in [0.29, 0.717) is 29.4 Å². The maximum absolute atomic E-state index is 12.5. The average molecular weight is 324 g/mol. The molecule has 1 fully saturated rings. The minimum Gasteiger partial charge on any atom is -0.496 e. The molecule has 0 spiro atoms. The number of carbonyl (C=O) groups is 1. The second-order valence-electron chi connectivity index (χ2n) is 5.12. The number of rotatable bonds is 7. The summed E-state index contributed by atoms with van der Waals surface area (Å²) in [6.07, 6.45) is 0. The summed E-state index contributed by atoms with van der Waals surface area (Å²) < 4.78 is 21.1. The van der Waals surface area contributed by atoms with Crippen molar-refractivity contribution in [3.8, 4) is 17.2 Å². The Labute approximate surface area is 136 Å². The first-order valence-corrected chi connectivity index (χ1v) is 7.58. The van der Waals surface area contributed by atoms with Gasteiger partial charge in [-0.15, -0.1) is 0 Å². The first-order chi connectivity index (χ1) is 11.2. The van der Waals surface area contributed by atoms with Crippen LogP contribution in [0.4, 0.5) is 0 Å². The molecule has 1 aliphatic heterocycles. The summed E-state index contributed by atoms with van der Waals surface area (Å²) in [5, 5.41) is 2.91. The monoisotopic (exact) mass is 324 g/mol. The lowest BCUT2D eigenvalue weighted by atomic mass is 10.1. The molecule has 1 saturated heterocycles. The standard InChI is InChI=1S/C16H24N2O5/c1-20-12-10-13(21-2)15(14(11-12)22-3)16(19)17-4-5-18-6-8-23-9-7-18/h10-11H,4-9H2,1-3H3,(H,17,19). The van der Waals surface area contributed by atoms with E-state index in [1.165, 1.54) is 14.2 Å². The topological polar surface area (TPSA) is 69.3 Å². The number of amides is 1. The lowest BCUT2D eigenvalue weighted by molar-refractivity contribution is 0.0383. The van der Waals surface area contributed by atoms with Crippen molar-refractivity contribution in [3.63, 3.8) is 0 Å². The van der Waals surface area contributed by atoms with Crippen molar-refractivity contribution in [2.24, 2.45) is 0 Å². The molecule has 1 aromatic carbocycles. The summed E-state index contributed by atoms with van der Waals surface area (Å²) in [5.74, 6) is 1.19. The predicted octanol–water partition coefficient (Wildman–Crippen LogP) is 0.774. The fraction of sp³-hybridized carbons (Fsp3) is 0.562. The molecule has 128 valence electrons. The van der Waals surface area contributed by atoms with Crippen LogP contribution in [0, 0.1) is 0 Å². The van der Waals surface area contributed by atoms with E-state index in [2.05, 4.69) is 10.2 Å². The quantitative estimate of drug-likeness (QED) is 0.799. The number of hydrogen-bond donors (Lipinski definition) is 1. The summed E-state index contributed by atoms with van der Waals surface area (Å²) in [6.45, 7) is 4.62. The molecule has 1 N–H and O–H groups in total. The van der Waals surface area contributed by atoms with Crippen LogP contribution < -0.4 is 19.5 Å². The van der Waals surface area contributed by atoms with E-state index in [9.17, 15) is 4.79 Å². The second kappa shape index (κ2) is 8.59. The van der Waals surface area contributed by atoms with E-state index in [4.69, 9.17) is 18.9 Å². The fourth-order valence-corrected chi connectivity index (χ4v) is 2.47. The summed E-state index contributed by atoms with van der Waals surface area (Å²) in [7, 11) is 4.58. The molecule has 1 amide bonds. The molecule has 0 bridgehead atoms. The van der Waals surface area contributed by atoms with Crippen molar-refractivity contribution in [2.75, 3.05) is 60.7 Å². The maximum atomic E-state index is 12.5. The molecule has 0 aliphatic carbocycles. The highest BCUT2D eigenvalue weighted by atomic mass is 16.5. The largest absolute Gasteiger partial charge is 0.496 e. The normalized spacial score (nSPS) is 15.1. The Balaban J connectivity index is 2.02. The summed E-state index contributed by atoms with van der Waals surface area (Å²) in [6, 6.07) is 3.33. The number of morpholine rings is 1. The highest BCUT2D eigenvalue weighted by Crippen LogP contribution is 2.33. The third kappa shape index (κ3) is 4.49. The van der Waals surface area contributed by atoms with Gasteiger partial charge >= 0.3 is 0 Å². The van der Waals surface area contributed by atoms with Gasteiger partial charge in [-0.1, -0.05) is 0 Å². The SMILES string of the molecule is COc1cc(OC)c(C(=O)NCCN2CCOCC2)c(OC)c1. The second-order valence-corrected chi connectivity index (χ2v) is 5.12. The van der Waals surface area contributed by atoms with Gasteiger partial charge in [0.15, 0.2) is 0 Å². The molecule has 0 atom stereocenters. The lowest BCUT2D eigenvalue weighted by Crippen LogP contribution is -2.41. The number of nitrogens with one attached hydrogen (secondary N) is 1. The Morgan fingerprint density at radius 3 is 2.26 bits per heavy atom. The Morgan fingerprint density at radius 2 is 1.74 bits per heavy atom. The number of carbonyl (C=O) groups excluding carboxylic acids is 1. The molecule has 0 radical (unpaired) electrons. The van der Waals surface area contributed by atoms with Crippen LogP contribution in [0.25, 0.3) is 0 Å². The molecule has 0 unspecified atom stereocenters. The van der Waals surface area contributed by atoms with Gasteiger partial charge in [-0.25, -0.2) is 0 Å². The molecular weight excluding hydrogens is 300 g/mol. The van der Waals surface area contributed by atoms with Gasteiger partial charge < -0.3 is 24.3 Å². The first kappa shape index (κ1) is 17.4. The maximum Gasteiger partial charge on any atom is 0.258 e. The smallest absolute Gasteiger partial charge is 0.258 e. The van der Waals surface area contributed by atoms with Gasteiger partial charge in [0.2, 0.25) is 0 Å². The summed E-state index contributed by atoms with van der Waals surface area (Å²) >= 11 is 0. The molecule has 2 rings (SSSR count). The van der Waals surface area contributed by atoms with E-state index in [1.54, 1.807) is 19.2 Å². The van der Waals surface area contributed by atoms with Gasteiger partial charge in [0.05, 0.1) is 34.5 Å². The van der Waals surface area contributed by atoms with Crippen LogP contribution in [0.3, 0.4) is 0 Å². The minimum absolute atomic E-state index is 0.227. The highest BCUT2D eigenvalue weighted by molar-refractivity contribution is 6.00. The van der Waals surface area contributed by atoms with Crippen LogP contribution in [0.1, 0.15) is 10.4 Å². The molecule has 0 saturated carbocycles. The van der Waals surface area contributed by atoms with Crippen LogP contribution in [0.5, 0.6) is 17.2 Å². The molecule has 1 heterocycles. The molecule has 7 heteroatoms. The first-order valence-electron chi connectivity index (χ1n) is 7.58. The highest BCUT2D eigenvalue weighted by Gasteiger charge is 2.20. The third-order valence-electron chi connectivity index (χ3n) is 3.76. The number of nitrogens with zero attached hydrogens (tertiary/aromatic N) is 1. The van der Waals surface area contributed by atoms with Crippen LogP contribution >= 0.6 is 0 Å². The van der Waals surface area contributed by atoms with Gasteiger partial charge in [0.1, 0.15) is 22.8 Å². The Hall–Kier alpha value is -1.99. The molecule has 1 aromatic rings. The lowest BCUT2D eigenvalue weighted by Gasteiger charge is -2.26. The molecule has 23 heavy (non-hydrogen) atoms. The Bertz CT molecular complexity index is 504. The van der Waals surface area contributed by atoms with Gasteiger partial charge in [0, 0.05) is 38.3 Å². The van der Waals surface area contributed by atoms with E-state index in [0.717, 1.165) is 32.8 Å². The van der Waals surface area contributed by atoms with Gasteiger partial charge in [-0.05, 0) is 0 Å². The van der Waals surface area contributed by atoms with Crippen molar-refractivity contribution in [3.05, 3.63) is 17.7 Å². The zero-order chi connectivity index (χ0) is 16.7. The third-order valence-corrected chi connectivity index (χ3v) is 3.76. The van der Waals surface area contributed by atoms with E-state index < -0.39 is 0 Å². The number of methoxy groups -OCH3 is 3. The van der Waals surface area contributed by atoms with Crippen molar-refractivity contribution in [1.29, 1.82) is 0 Å². The van der Waals surface area contributed by atoms with Gasteiger partial charge in [-0.3, -0.25) is 9.69 Å². The van der Waals surface area contributed by atoms with E-state index in [1.807, 2.05) is 0 Å². The average Bonchev–Trinajstić information content (AvgIpc) is 2.61. The minimum atomic E-state index is -0.227. The Kier molecular flexibility index (Phi) is 6.49. The van der Waals surface area contributed by atoms with Crippen LogP contribution in [-0.2, 0) is 4.74 Å². The predicted molar refractivity (Wildman–Crippen MR) is 85.7 cm³/mol. The van der Waals surface area contributed by atoms with Crippen molar-refractivity contribution >= 4 is 5.91 Å². The number of hydrogen-bond acceptors (Lipinski definition) is 6. The van der Waals surface area contributed by atoms with Crippen molar-refractivity contribution in [1.82, 2.24) is 10.2 Å². The Morgan fingerprint density at radius 1 is 1.13 bits per heavy atom. The molecular formula is C16H24N2O5. The zero-order valence-electron chi connectivity index (χ0n) is 13.9. The number of benzene rings is 1. The van der Waals surface area contributed by atoms with Crippen molar-refractivity contribution < 1.29 is 23.7 Å². The van der Waals surface area contributed by atoms with Crippen LogP contribution in [0.15, 0.2) is 12.1 Å². The summed E-state index contributed by atoms with van der Waals surface area (Å²) in [4.78, 5) is 14.7. The van der Waals surface area contributed by atoms with Crippen LogP contribution in [-0.4, -0.2) is 71.5 Å². The number of ether oxygens (including phenoxy) is 4. The zero-order valence-corrected chi connectivity index (χ0v) is 13.9. The van der Waals surface area contributed by atoms with Gasteiger partial charge in [0.25, 0.3) is 5.91 Å². The molecule has 7 nitrogen and oxygen atoms in total. The van der Waals surface area contributed by atoms with Crippen molar-refractivity contribution in [2.45, 2.75) is 0 Å².